The third-order valence-electron chi connectivity index (χ3n) is 4.59. The summed E-state index contributed by atoms with van der Waals surface area (Å²) in [7, 11) is 0. The van der Waals surface area contributed by atoms with Crippen molar-refractivity contribution in [2.75, 3.05) is 6.54 Å². The lowest BCUT2D eigenvalue weighted by molar-refractivity contribution is -0.131. The maximum atomic E-state index is 11.3. The van der Waals surface area contributed by atoms with Crippen molar-refractivity contribution in [3.63, 3.8) is 0 Å². The van der Waals surface area contributed by atoms with Crippen molar-refractivity contribution in [3.8, 4) is 5.75 Å². The van der Waals surface area contributed by atoms with E-state index in [2.05, 4.69) is 27.2 Å². The summed E-state index contributed by atoms with van der Waals surface area (Å²) in [6.45, 7) is 9.05. The second kappa shape index (κ2) is 7.35. The number of esters is 1. The first kappa shape index (κ1) is 17.6. The molecule has 0 N–H and O–H groups in total. The molecule has 1 aliphatic rings. The quantitative estimate of drug-likeness (QED) is 0.623. The first-order valence-corrected chi connectivity index (χ1v) is 8.77. The van der Waals surface area contributed by atoms with Gasteiger partial charge in [0.05, 0.1) is 6.04 Å². The molecule has 1 aromatic heterocycles. The van der Waals surface area contributed by atoms with E-state index >= 15 is 0 Å². The van der Waals surface area contributed by atoms with Crippen LogP contribution in [0.15, 0.2) is 16.7 Å². The van der Waals surface area contributed by atoms with E-state index in [0.29, 0.717) is 17.5 Å². The molecule has 0 aliphatic carbocycles. The topological polar surface area (TPSA) is 68.5 Å². The number of aromatic nitrogens is 2. The average molecular weight is 343 g/mol. The van der Waals surface area contributed by atoms with Gasteiger partial charge in [-0.15, -0.1) is 0 Å². The van der Waals surface area contributed by atoms with Gasteiger partial charge in [0.25, 0.3) is 0 Å². The number of carbonyl (C=O) groups excluding carboxylic acids is 1. The van der Waals surface area contributed by atoms with E-state index in [1.54, 1.807) is 0 Å². The zero-order chi connectivity index (χ0) is 18.0. The lowest BCUT2D eigenvalue weighted by Gasteiger charge is -2.33. The highest BCUT2D eigenvalue weighted by atomic mass is 16.5. The monoisotopic (exact) mass is 343 g/mol. The van der Waals surface area contributed by atoms with Gasteiger partial charge < -0.3 is 9.26 Å². The molecular formula is C19H25N3O3. The number of benzene rings is 1. The molecule has 0 radical (unpaired) electrons. The molecule has 0 bridgehead atoms. The molecule has 0 spiro atoms. The van der Waals surface area contributed by atoms with Crippen molar-refractivity contribution in [2.45, 2.75) is 59.5 Å². The maximum Gasteiger partial charge on any atom is 0.308 e. The molecule has 3 rings (SSSR count). The highest BCUT2D eigenvalue weighted by molar-refractivity contribution is 5.70. The van der Waals surface area contributed by atoms with Gasteiger partial charge >= 0.3 is 5.97 Å². The minimum atomic E-state index is -0.290. The van der Waals surface area contributed by atoms with Crippen LogP contribution in [0.25, 0.3) is 0 Å². The smallest absolute Gasteiger partial charge is 0.308 e. The summed E-state index contributed by atoms with van der Waals surface area (Å²) >= 11 is 0. The van der Waals surface area contributed by atoms with Crippen LogP contribution in [0.4, 0.5) is 0 Å². The summed E-state index contributed by atoms with van der Waals surface area (Å²) < 4.78 is 10.7. The van der Waals surface area contributed by atoms with Crippen molar-refractivity contribution >= 4 is 5.97 Å². The van der Waals surface area contributed by atoms with Crippen molar-refractivity contribution in [3.05, 3.63) is 40.5 Å². The average Bonchev–Trinajstić information content (AvgIpc) is 2.98. The second-order valence-electron chi connectivity index (χ2n) is 6.81. The van der Waals surface area contributed by atoms with Crippen LogP contribution >= 0.6 is 0 Å². The van der Waals surface area contributed by atoms with Gasteiger partial charge in [-0.05, 0) is 56.8 Å². The highest BCUT2D eigenvalue weighted by Gasteiger charge is 2.28. The lowest BCUT2D eigenvalue weighted by atomic mass is 9.99. The van der Waals surface area contributed by atoms with Gasteiger partial charge in [0.15, 0.2) is 5.82 Å². The number of rotatable bonds is 4. The second-order valence-corrected chi connectivity index (χ2v) is 6.81. The third-order valence-corrected chi connectivity index (χ3v) is 4.59. The minimum absolute atomic E-state index is 0.170. The van der Waals surface area contributed by atoms with Gasteiger partial charge in [0, 0.05) is 13.5 Å². The molecule has 0 amide bonds. The normalized spacial score (nSPS) is 18.3. The van der Waals surface area contributed by atoms with Crippen molar-refractivity contribution < 1.29 is 14.1 Å². The molecule has 6 nitrogen and oxygen atoms in total. The molecule has 1 unspecified atom stereocenters. The standard InChI is InChI=1S/C19H25N3O3/c1-12-9-16(10-13(2)18(12)24-15(4)23)11-22-8-6-5-7-17(22)19-20-14(3)21-25-19/h9-10,17H,5-8,11H2,1-4H3. The molecule has 1 aromatic carbocycles. The predicted molar refractivity (Wildman–Crippen MR) is 93.3 cm³/mol. The largest absolute Gasteiger partial charge is 0.426 e. The molecule has 1 aliphatic heterocycles. The number of piperidine rings is 1. The van der Waals surface area contributed by atoms with Gasteiger partial charge in [0.1, 0.15) is 5.75 Å². The van der Waals surface area contributed by atoms with Crippen LogP contribution < -0.4 is 4.74 Å². The molecule has 1 fully saturated rings. The summed E-state index contributed by atoms with van der Waals surface area (Å²) in [5.41, 5.74) is 3.16. The molecular weight excluding hydrogens is 318 g/mol. The Hall–Kier alpha value is -2.21. The fourth-order valence-electron chi connectivity index (χ4n) is 3.58. The van der Waals surface area contributed by atoms with Gasteiger partial charge in [0.2, 0.25) is 5.89 Å². The van der Waals surface area contributed by atoms with Crippen LogP contribution in [-0.2, 0) is 11.3 Å². The van der Waals surface area contributed by atoms with Crippen LogP contribution in [0.3, 0.4) is 0 Å². The maximum absolute atomic E-state index is 11.3. The molecule has 25 heavy (non-hydrogen) atoms. The number of aryl methyl sites for hydroxylation is 3. The molecule has 2 aromatic rings. The molecule has 0 saturated carbocycles. The number of ether oxygens (including phenoxy) is 1. The van der Waals surface area contributed by atoms with E-state index in [1.807, 2.05) is 20.8 Å². The Morgan fingerprint density at radius 1 is 1.28 bits per heavy atom. The Morgan fingerprint density at radius 3 is 2.60 bits per heavy atom. The Morgan fingerprint density at radius 2 is 2.00 bits per heavy atom. The van der Waals surface area contributed by atoms with Gasteiger partial charge in [-0.25, -0.2) is 0 Å². The lowest BCUT2D eigenvalue weighted by Crippen LogP contribution is -2.33. The van der Waals surface area contributed by atoms with E-state index in [-0.39, 0.29) is 12.0 Å². The first-order chi connectivity index (χ1) is 11.9. The summed E-state index contributed by atoms with van der Waals surface area (Å²) in [6.07, 6.45) is 3.38. The zero-order valence-corrected chi connectivity index (χ0v) is 15.3. The van der Waals surface area contributed by atoms with Crippen LogP contribution in [0, 0.1) is 20.8 Å². The van der Waals surface area contributed by atoms with Crippen LogP contribution in [0.2, 0.25) is 0 Å². The predicted octanol–water partition coefficient (Wildman–Crippen LogP) is 3.65. The Kier molecular flexibility index (Phi) is 5.18. The number of likely N-dealkylation sites (tertiary alicyclic amines) is 1. The summed E-state index contributed by atoms with van der Waals surface area (Å²) in [4.78, 5) is 18.1. The third kappa shape index (κ3) is 4.07. The highest BCUT2D eigenvalue weighted by Crippen LogP contribution is 2.32. The Balaban J connectivity index is 1.81. The van der Waals surface area contributed by atoms with Crippen molar-refractivity contribution in [1.82, 2.24) is 15.0 Å². The molecule has 2 heterocycles. The minimum Gasteiger partial charge on any atom is -0.426 e. The van der Waals surface area contributed by atoms with Gasteiger partial charge in [-0.2, -0.15) is 4.98 Å². The number of hydrogen-bond donors (Lipinski definition) is 0. The van der Waals surface area contributed by atoms with E-state index in [1.165, 1.54) is 25.3 Å². The van der Waals surface area contributed by atoms with Crippen molar-refractivity contribution in [1.29, 1.82) is 0 Å². The number of nitrogens with zero attached hydrogens (tertiary/aromatic N) is 3. The van der Waals surface area contributed by atoms with E-state index in [0.717, 1.165) is 30.6 Å². The van der Waals surface area contributed by atoms with Crippen LogP contribution in [0.5, 0.6) is 5.75 Å². The van der Waals surface area contributed by atoms with E-state index < -0.39 is 0 Å². The SMILES string of the molecule is CC(=O)Oc1c(C)cc(CN2CCCCC2c2nc(C)no2)cc1C. The zero-order valence-electron chi connectivity index (χ0n) is 15.3. The fourth-order valence-corrected chi connectivity index (χ4v) is 3.58. The Labute approximate surface area is 148 Å². The van der Waals surface area contributed by atoms with Crippen LogP contribution in [0.1, 0.15) is 60.6 Å². The first-order valence-electron chi connectivity index (χ1n) is 8.77. The molecule has 1 saturated heterocycles. The fraction of sp³-hybridized carbons (Fsp3) is 0.526. The van der Waals surface area contributed by atoms with E-state index in [4.69, 9.17) is 9.26 Å². The summed E-state index contributed by atoms with van der Waals surface area (Å²) in [5.74, 6) is 1.76. The van der Waals surface area contributed by atoms with Gasteiger partial charge in [-0.1, -0.05) is 23.7 Å². The number of carbonyl (C=O) groups is 1. The number of hydrogen-bond acceptors (Lipinski definition) is 6. The van der Waals surface area contributed by atoms with Gasteiger partial charge in [-0.3, -0.25) is 9.69 Å². The summed E-state index contributed by atoms with van der Waals surface area (Å²) in [6, 6.07) is 4.36. The molecule has 1 atom stereocenters. The van der Waals surface area contributed by atoms with E-state index in [9.17, 15) is 4.79 Å². The molecule has 134 valence electrons. The Bertz CT molecular complexity index is 746. The summed E-state index contributed by atoms with van der Waals surface area (Å²) in [5, 5.41) is 3.94. The van der Waals surface area contributed by atoms with Crippen molar-refractivity contribution in [2.24, 2.45) is 0 Å². The molecule has 6 heteroatoms. The van der Waals surface area contributed by atoms with Crippen LogP contribution in [-0.4, -0.2) is 27.6 Å².